The molecule has 2 aliphatic carbocycles. The van der Waals surface area contributed by atoms with E-state index in [9.17, 15) is 18.4 Å². The number of rotatable bonds is 7. The van der Waals surface area contributed by atoms with E-state index in [1.54, 1.807) is 19.3 Å². The van der Waals surface area contributed by atoms with Crippen LogP contribution in [-0.2, 0) is 9.59 Å². The Morgan fingerprint density at radius 1 is 1.06 bits per heavy atom. The van der Waals surface area contributed by atoms with E-state index in [-0.39, 0.29) is 34.4 Å². The topological polar surface area (TPSA) is 55.2 Å². The van der Waals surface area contributed by atoms with Gasteiger partial charge in [-0.25, -0.2) is 13.8 Å². The number of imidazole rings is 1. The molecule has 0 aliphatic heterocycles. The smallest absolute Gasteiger partial charge is 0.214 e. The number of aryl methyl sites for hydroxylation is 2. The molecule has 1 aromatic heterocycles. The lowest BCUT2D eigenvalue weighted by Gasteiger charge is -2.19. The Labute approximate surface area is 219 Å². The summed E-state index contributed by atoms with van der Waals surface area (Å²) in [5.74, 6) is 0.212. The van der Waals surface area contributed by atoms with Gasteiger partial charge in [0.05, 0.1) is 33.2 Å². The van der Waals surface area contributed by atoms with Crippen LogP contribution >= 0.6 is 31.9 Å². The monoisotopic (exact) mass is 607 g/mol. The van der Waals surface area contributed by atoms with E-state index in [4.69, 9.17) is 0 Å². The minimum absolute atomic E-state index is 0.0626. The molecule has 0 spiro atoms. The Kier molecular flexibility index (Phi) is 7.86. The van der Waals surface area contributed by atoms with E-state index in [0.717, 1.165) is 29.8 Å². The number of benzene rings is 2. The molecule has 5 nitrogen and oxygen atoms in total. The van der Waals surface area contributed by atoms with Gasteiger partial charge in [0.25, 0.3) is 0 Å². The van der Waals surface area contributed by atoms with E-state index >= 15 is 0 Å². The van der Waals surface area contributed by atoms with Gasteiger partial charge in [-0.05, 0) is 107 Å². The van der Waals surface area contributed by atoms with Gasteiger partial charge in [-0.15, -0.1) is 0 Å². The standard InChI is InChI=1S/C13H12BrFN2.C13H13BrFNO2/c1-8-4-11(15)10(14)5-13(8)17-6-12(16-7-17)9-2-3-9;1-8-4-11(15)10(14)5-12(8)16(7-17)6-13(18)9-2-3-9/h4-7,9H,2-3H2,1H3;4-5,7,9H,2-3,6H2,1H3. The molecule has 0 radical (unpaired) electrons. The molecule has 3 aromatic rings. The number of carbonyl (C=O) groups excluding carboxylic acids is 2. The fourth-order valence-electron chi connectivity index (χ4n) is 3.80. The summed E-state index contributed by atoms with van der Waals surface area (Å²) < 4.78 is 29.4. The Morgan fingerprint density at radius 2 is 1.69 bits per heavy atom. The predicted octanol–water partition coefficient (Wildman–Crippen LogP) is 6.80. The number of Topliss-reactive ketones (excluding diaryl/α,β-unsaturated/α-hetero) is 1. The third kappa shape index (κ3) is 6.25. The molecule has 35 heavy (non-hydrogen) atoms. The minimum Gasteiger partial charge on any atom is -0.307 e. The van der Waals surface area contributed by atoms with E-state index in [1.165, 1.54) is 35.9 Å². The van der Waals surface area contributed by atoms with Crippen molar-refractivity contribution in [1.29, 1.82) is 0 Å². The van der Waals surface area contributed by atoms with Crippen molar-refractivity contribution in [3.05, 3.63) is 74.2 Å². The molecule has 2 aromatic carbocycles. The third-order valence-corrected chi connectivity index (χ3v) is 7.37. The van der Waals surface area contributed by atoms with Crippen LogP contribution in [0.2, 0.25) is 0 Å². The van der Waals surface area contributed by atoms with Crippen molar-refractivity contribution in [2.45, 2.75) is 45.4 Å². The van der Waals surface area contributed by atoms with Gasteiger partial charge >= 0.3 is 0 Å². The Bertz CT molecular complexity index is 1270. The summed E-state index contributed by atoms with van der Waals surface area (Å²) in [6.45, 7) is 3.68. The highest BCUT2D eigenvalue weighted by Gasteiger charge is 2.31. The lowest BCUT2D eigenvalue weighted by molar-refractivity contribution is -0.120. The highest BCUT2D eigenvalue weighted by atomic mass is 79.9. The van der Waals surface area contributed by atoms with Crippen molar-refractivity contribution >= 4 is 49.7 Å². The normalized spacial score (nSPS) is 14.8. The van der Waals surface area contributed by atoms with Crippen LogP contribution in [0.1, 0.15) is 48.4 Å². The Balaban J connectivity index is 0.000000165. The van der Waals surface area contributed by atoms with Gasteiger partial charge in [-0.3, -0.25) is 9.59 Å². The number of hydrogen-bond donors (Lipinski definition) is 0. The van der Waals surface area contributed by atoms with E-state index in [2.05, 4.69) is 36.8 Å². The van der Waals surface area contributed by atoms with Crippen LogP contribution in [0, 0.1) is 31.4 Å². The molecule has 0 bridgehead atoms. The number of carbonyl (C=O) groups is 2. The number of amides is 1. The summed E-state index contributed by atoms with van der Waals surface area (Å²) in [5.41, 5.74) is 4.21. The molecule has 0 unspecified atom stereocenters. The molecule has 0 saturated heterocycles. The second-order valence-corrected chi connectivity index (χ2v) is 10.8. The van der Waals surface area contributed by atoms with E-state index in [1.807, 2.05) is 17.7 Å². The van der Waals surface area contributed by atoms with Crippen LogP contribution in [0.3, 0.4) is 0 Å². The van der Waals surface area contributed by atoms with Crippen molar-refractivity contribution in [2.24, 2.45) is 5.92 Å². The Hall–Kier alpha value is -2.39. The van der Waals surface area contributed by atoms with Crippen LogP contribution in [0.15, 0.2) is 45.7 Å². The second-order valence-electron chi connectivity index (χ2n) is 9.06. The molecular weight excluding hydrogens is 584 g/mol. The van der Waals surface area contributed by atoms with Crippen LogP contribution in [0.25, 0.3) is 5.69 Å². The van der Waals surface area contributed by atoms with Gasteiger partial charge in [0.2, 0.25) is 6.41 Å². The summed E-state index contributed by atoms with van der Waals surface area (Å²) in [6, 6.07) is 6.20. The van der Waals surface area contributed by atoms with Gasteiger partial charge in [0, 0.05) is 23.7 Å². The number of ketones is 1. The van der Waals surface area contributed by atoms with Gasteiger partial charge in [-0.2, -0.15) is 0 Å². The van der Waals surface area contributed by atoms with Crippen molar-refractivity contribution in [3.63, 3.8) is 0 Å². The molecule has 184 valence electrons. The maximum atomic E-state index is 13.3. The first-order valence-corrected chi connectivity index (χ1v) is 13.0. The largest absolute Gasteiger partial charge is 0.307 e. The van der Waals surface area contributed by atoms with Crippen molar-refractivity contribution < 1.29 is 18.4 Å². The van der Waals surface area contributed by atoms with Gasteiger partial charge < -0.3 is 9.47 Å². The minimum atomic E-state index is -0.379. The van der Waals surface area contributed by atoms with Gasteiger partial charge in [0.1, 0.15) is 11.6 Å². The Morgan fingerprint density at radius 3 is 2.29 bits per heavy atom. The number of hydrogen-bond acceptors (Lipinski definition) is 3. The summed E-state index contributed by atoms with van der Waals surface area (Å²) in [5, 5.41) is 0. The van der Waals surface area contributed by atoms with Crippen LogP contribution in [0.5, 0.6) is 0 Å². The van der Waals surface area contributed by atoms with Crippen molar-refractivity contribution in [1.82, 2.24) is 9.55 Å². The first kappa shape index (κ1) is 25.7. The maximum Gasteiger partial charge on any atom is 0.214 e. The summed E-state index contributed by atoms with van der Waals surface area (Å²) in [7, 11) is 0. The predicted molar refractivity (Wildman–Crippen MR) is 138 cm³/mol. The average Bonchev–Trinajstić information content (AvgIpc) is 3.76. The molecule has 0 N–H and O–H groups in total. The zero-order valence-corrected chi connectivity index (χ0v) is 22.6. The fraction of sp³-hybridized carbons (Fsp3) is 0.346. The number of aromatic nitrogens is 2. The number of nitrogens with zero attached hydrogens (tertiary/aromatic N) is 3. The molecule has 5 rings (SSSR count). The fourth-order valence-corrected chi connectivity index (χ4v) is 4.46. The lowest BCUT2D eigenvalue weighted by atomic mass is 10.1. The number of halogens is 4. The molecule has 2 saturated carbocycles. The van der Waals surface area contributed by atoms with Crippen LogP contribution in [0.4, 0.5) is 14.5 Å². The lowest BCUT2D eigenvalue weighted by Crippen LogP contribution is -2.29. The van der Waals surface area contributed by atoms with Crippen LogP contribution in [-0.4, -0.2) is 28.3 Å². The second kappa shape index (κ2) is 10.7. The molecule has 2 fully saturated rings. The molecule has 0 atom stereocenters. The maximum absolute atomic E-state index is 13.3. The summed E-state index contributed by atoms with van der Waals surface area (Å²) in [4.78, 5) is 28.6. The average molecular weight is 609 g/mol. The molecular formula is C26H25Br2F2N3O2. The summed E-state index contributed by atoms with van der Waals surface area (Å²) in [6.07, 6.45) is 8.78. The molecule has 2 aliphatic rings. The summed E-state index contributed by atoms with van der Waals surface area (Å²) >= 11 is 6.30. The highest BCUT2D eigenvalue weighted by molar-refractivity contribution is 9.10. The first-order chi connectivity index (χ1) is 16.7. The zero-order valence-electron chi connectivity index (χ0n) is 19.4. The van der Waals surface area contributed by atoms with Crippen molar-refractivity contribution in [3.8, 4) is 5.69 Å². The van der Waals surface area contributed by atoms with E-state index < -0.39 is 0 Å². The quantitative estimate of drug-likeness (QED) is 0.277. The third-order valence-electron chi connectivity index (χ3n) is 6.15. The van der Waals surface area contributed by atoms with Crippen molar-refractivity contribution in [2.75, 3.05) is 11.4 Å². The SMILES string of the molecule is Cc1cc(F)c(Br)cc1-n1cnc(C2CC2)c1.Cc1cc(F)c(Br)cc1N(C=O)CC(=O)C1CC1. The molecule has 1 amide bonds. The van der Waals surface area contributed by atoms with E-state index in [0.29, 0.717) is 28.1 Å². The first-order valence-electron chi connectivity index (χ1n) is 11.4. The molecule has 1 heterocycles. The van der Waals surface area contributed by atoms with Gasteiger partial charge in [-0.1, -0.05) is 0 Å². The van der Waals surface area contributed by atoms with Gasteiger partial charge in [0.15, 0.2) is 5.78 Å². The number of anilines is 1. The zero-order chi connectivity index (χ0) is 25.3. The molecule has 9 heteroatoms. The highest BCUT2D eigenvalue weighted by Crippen LogP contribution is 2.39. The van der Waals surface area contributed by atoms with Crippen LogP contribution < -0.4 is 4.90 Å².